The normalized spacial score (nSPS) is 17.2. The Morgan fingerprint density at radius 3 is 2.81 bits per heavy atom. The smallest absolute Gasteiger partial charge is 0.162 e. The lowest BCUT2D eigenvalue weighted by atomic mass is 10.4. The van der Waals surface area contributed by atoms with E-state index in [1.54, 1.807) is 0 Å². The molecule has 2 aromatic heterocycles. The molecular formula is C11H15N5. The van der Waals surface area contributed by atoms with Crippen molar-refractivity contribution in [2.45, 2.75) is 19.4 Å². The molecule has 3 heterocycles. The van der Waals surface area contributed by atoms with Crippen LogP contribution in [0.2, 0.25) is 0 Å². The van der Waals surface area contributed by atoms with Crippen molar-refractivity contribution < 1.29 is 0 Å². The zero-order chi connectivity index (χ0) is 11.0. The van der Waals surface area contributed by atoms with E-state index >= 15 is 0 Å². The Bertz CT molecular complexity index is 498. The first-order valence-corrected chi connectivity index (χ1v) is 5.65. The van der Waals surface area contributed by atoms with Crippen molar-refractivity contribution >= 4 is 11.5 Å². The average Bonchev–Trinajstić information content (AvgIpc) is 2.90. The molecule has 0 bridgehead atoms. The third-order valence-corrected chi connectivity index (χ3v) is 3.09. The first kappa shape index (κ1) is 9.59. The Kier molecular flexibility index (Phi) is 2.25. The summed E-state index contributed by atoms with van der Waals surface area (Å²) in [7, 11) is 0. The van der Waals surface area contributed by atoms with Crippen LogP contribution >= 0.6 is 0 Å². The molecule has 2 aromatic rings. The molecule has 0 amide bonds. The predicted molar refractivity (Wildman–Crippen MR) is 61.9 cm³/mol. The topological polar surface area (TPSA) is 59.5 Å². The van der Waals surface area contributed by atoms with Gasteiger partial charge in [0.25, 0.3) is 0 Å². The number of rotatable bonds is 2. The van der Waals surface area contributed by atoms with Gasteiger partial charge in [0, 0.05) is 0 Å². The molecule has 84 valence electrons. The molecule has 16 heavy (non-hydrogen) atoms. The molecule has 0 radical (unpaired) electrons. The molecule has 0 saturated carbocycles. The van der Waals surface area contributed by atoms with Crippen LogP contribution in [0.4, 0.5) is 5.82 Å². The number of fused-ring (bicyclic) bond motifs is 1. The van der Waals surface area contributed by atoms with Crippen LogP contribution < -0.4 is 5.73 Å². The van der Waals surface area contributed by atoms with Crippen molar-refractivity contribution in [3.63, 3.8) is 0 Å². The maximum absolute atomic E-state index is 5.94. The van der Waals surface area contributed by atoms with E-state index < -0.39 is 0 Å². The number of aromatic nitrogens is 3. The summed E-state index contributed by atoms with van der Waals surface area (Å²) in [6.07, 6.45) is 2.57. The summed E-state index contributed by atoms with van der Waals surface area (Å²) in [5.74, 6) is 1.65. The molecule has 5 nitrogen and oxygen atoms in total. The lowest BCUT2D eigenvalue weighted by Gasteiger charge is -2.13. The Morgan fingerprint density at radius 1 is 1.19 bits per heavy atom. The fourth-order valence-electron chi connectivity index (χ4n) is 2.27. The maximum atomic E-state index is 5.94. The first-order valence-electron chi connectivity index (χ1n) is 5.65. The molecule has 0 aromatic carbocycles. The Hall–Kier alpha value is -1.62. The second-order valence-electron chi connectivity index (χ2n) is 4.24. The fourth-order valence-corrected chi connectivity index (χ4v) is 2.27. The minimum absolute atomic E-state index is 0.705. The van der Waals surface area contributed by atoms with E-state index in [-0.39, 0.29) is 0 Å². The highest BCUT2D eigenvalue weighted by Crippen LogP contribution is 2.14. The molecule has 1 saturated heterocycles. The molecule has 0 atom stereocenters. The van der Waals surface area contributed by atoms with E-state index in [4.69, 9.17) is 5.73 Å². The third kappa shape index (κ3) is 1.53. The van der Waals surface area contributed by atoms with Gasteiger partial charge in [0.05, 0.1) is 6.54 Å². The SMILES string of the molecule is Nc1cccc2nnc(CN3CCCC3)n12. The number of nitrogens with zero attached hydrogens (tertiary/aromatic N) is 4. The molecule has 1 fully saturated rings. The minimum atomic E-state index is 0.705. The summed E-state index contributed by atoms with van der Waals surface area (Å²) >= 11 is 0. The van der Waals surface area contributed by atoms with Crippen molar-refractivity contribution in [2.75, 3.05) is 18.8 Å². The van der Waals surface area contributed by atoms with Gasteiger partial charge < -0.3 is 5.73 Å². The summed E-state index contributed by atoms with van der Waals surface area (Å²) in [6.45, 7) is 3.15. The highest BCUT2D eigenvalue weighted by atomic mass is 15.3. The molecule has 3 rings (SSSR count). The van der Waals surface area contributed by atoms with E-state index in [0.29, 0.717) is 5.82 Å². The van der Waals surface area contributed by atoms with Gasteiger partial charge in [-0.15, -0.1) is 10.2 Å². The zero-order valence-corrected chi connectivity index (χ0v) is 9.13. The quantitative estimate of drug-likeness (QED) is 0.812. The first-order chi connectivity index (χ1) is 7.84. The van der Waals surface area contributed by atoms with Crippen LogP contribution in [0.15, 0.2) is 18.2 Å². The van der Waals surface area contributed by atoms with Crippen LogP contribution in [0.5, 0.6) is 0 Å². The highest BCUT2D eigenvalue weighted by molar-refractivity contribution is 5.47. The van der Waals surface area contributed by atoms with E-state index in [9.17, 15) is 0 Å². The summed E-state index contributed by atoms with van der Waals surface area (Å²) in [5.41, 5.74) is 6.77. The molecule has 0 spiro atoms. The van der Waals surface area contributed by atoms with E-state index in [1.807, 2.05) is 22.6 Å². The number of pyridine rings is 1. The summed E-state index contributed by atoms with van der Waals surface area (Å²) < 4.78 is 1.93. The Morgan fingerprint density at radius 2 is 2.00 bits per heavy atom. The summed E-state index contributed by atoms with van der Waals surface area (Å²) in [6, 6.07) is 5.71. The van der Waals surface area contributed by atoms with Crippen molar-refractivity contribution in [1.29, 1.82) is 0 Å². The standard InChI is InChI=1S/C11H15N5/c12-9-4-3-5-10-13-14-11(16(9)10)8-15-6-1-2-7-15/h3-5H,1-2,6-8,12H2. The second-order valence-corrected chi connectivity index (χ2v) is 4.24. The second kappa shape index (κ2) is 3.75. The van der Waals surface area contributed by atoms with Gasteiger partial charge >= 0.3 is 0 Å². The molecule has 5 heteroatoms. The van der Waals surface area contributed by atoms with Gasteiger partial charge in [0.1, 0.15) is 5.82 Å². The minimum Gasteiger partial charge on any atom is -0.385 e. The molecule has 2 N–H and O–H groups in total. The van der Waals surface area contributed by atoms with E-state index in [2.05, 4.69) is 15.1 Å². The van der Waals surface area contributed by atoms with Crippen LogP contribution in [0.25, 0.3) is 5.65 Å². The van der Waals surface area contributed by atoms with E-state index in [0.717, 1.165) is 31.1 Å². The van der Waals surface area contributed by atoms with Gasteiger partial charge in [0.2, 0.25) is 0 Å². The number of hydrogen-bond donors (Lipinski definition) is 1. The van der Waals surface area contributed by atoms with Crippen LogP contribution in [0, 0.1) is 0 Å². The van der Waals surface area contributed by atoms with Gasteiger partial charge in [-0.25, -0.2) is 0 Å². The monoisotopic (exact) mass is 217 g/mol. The van der Waals surface area contributed by atoms with Crippen molar-refractivity contribution in [3.8, 4) is 0 Å². The van der Waals surface area contributed by atoms with Crippen LogP contribution in [0.1, 0.15) is 18.7 Å². The number of hydrogen-bond acceptors (Lipinski definition) is 4. The molecule has 0 aliphatic carbocycles. The Labute approximate surface area is 93.9 Å². The average molecular weight is 217 g/mol. The number of likely N-dealkylation sites (tertiary alicyclic amines) is 1. The largest absolute Gasteiger partial charge is 0.385 e. The van der Waals surface area contributed by atoms with Crippen molar-refractivity contribution in [1.82, 2.24) is 19.5 Å². The number of anilines is 1. The fraction of sp³-hybridized carbons (Fsp3) is 0.455. The third-order valence-electron chi connectivity index (χ3n) is 3.09. The van der Waals surface area contributed by atoms with Crippen molar-refractivity contribution in [2.24, 2.45) is 0 Å². The maximum Gasteiger partial charge on any atom is 0.162 e. The van der Waals surface area contributed by atoms with Gasteiger partial charge in [-0.2, -0.15) is 0 Å². The number of nitrogen functional groups attached to an aromatic ring is 1. The van der Waals surface area contributed by atoms with E-state index in [1.165, 1.54) is 12.8 Å². The van der Waals surface area contributed by atoms with Crippen LogP contribution in [0.3, 0.4) is 0 Å². The highest BCUT2D eigenvalue weighted by Gasteiger charge is 2.15. The lowest BCUT2D eigenvalue weighted by molar-refractivity contribution is 0.321. The number of nitrogens with two attached hydrogens (primary N) is 1. The van der Waals surface area contributed by atoms with Crippen molar-refractivity contribution in [3.05, 3.63) is 24.0 Å². The molecular weight excluding hydrogens is 202 g/mol. The molecule has 0 unspecified atom stereocenters. The van der Waals surface area contributed by atoms with Gasteiger partial charge in [-0.1, -0.05) is 6.07 Å². The van der Waals surface area contributed by atoms with Crippen LogP contribution in [-0.2, 0) is 6.54 Å². The molecule has 1 aliphatic rings. The van der Waals surface area contributed by atoms with Gasteiger partial charge in [-0.05, 0) is 38.1 Å². The lowest BCUT2D eigenvalue weighted by Crippen LogP contribution is -2.20. The molecule has 1 aliphatic heterocycles. The van der Waals surface area contributed by atoms with Gasteiger partial charge in [0.15, 0.2) is 11.5 Å². The zero-order valence-electron chi connectivity index (χ0n) is 9.13. The summed E-state index contributed by atoms with van der Waals surface area (Å²) in [4.78, 5) is 2.39. The summed E-state index contributed by atoms with van der Waals surface area (Å²) in [5, 5.41) is 8.34. The van der Waals surface area contributed by atoms with Crippen LogP contribution in [-0.4, -0.2) is 32.6 Å². The van der Waals surface area contributed by atoms with Gasteiger partial charge in [-0.3, -0.25) is 9.30 Å². The predicted octanol–water partition coefficient (Wildman–Crippen LogP) is 0.907. The Balaban J connectivity index is 1.97.